The first-order chi connectivity index (χ1) is 11.0. The lowest BCUT2D eigenvalue weighted by Gasteiger charge is -2.20. The molecule has 0 fully saturated rings. The number of amidine groups is 1. The highest BCUT2D eigenvalue weighted by molar-refractivity contribution is 7.11. The van der Waals surface area contributed by atoms with Crippen molar-refractivity contribution in [2.24, 2.45) is 5.92 Å². The summed E-state index contributed by atoms with van der Waals surface area (Å²) >= 11 is 1.48. The van der Waals surface area contributed by atoms with E-state index in [9.17, 15) is 5.11 Å². The zero-order valence-electron chi connectivity index (χ0n) is 13.6. The summed E-state index contributed by atoms with van der Waals surface area (Å²) in [6.45, 7) is 7.46. The Hall–Kier alpha value is -2.14. The SMILES string of the molecule is Cc1ccc(-c2csc(C3=C(O)CN(CC(C)C)C3=N)n2)cc1. The van der Waals surface area contributed by atoms with Gasteiger partial charge in [0.2, 0.25) is 0 Å². The Kier molecular flexibility index (Phi) is 4.22. The lowest BCUT2D eigenvalue weighted by atomic mass is 10.1. The highest BCUT2D eigenvalue weighted by atomic mass is 32.1. The molecule has 120 valence electrons. The van der Waals surface area contributed by atoms with E-state index in [0.717, 1.165) is 17.8 Å². The van der Waals surface area contributed by atoms with Crippen molar-refractivity contribution < 1.29 is 5.11 Å². The number of aliphatic hydroxyl groups excluding tert-OH is 1. The van der Waals surface area contributed by atoms with Gasteiger partial charge in [-0.15, -0.1) is 11.3 Å². The maximum absolute atomic E-state index is 10.3. The van der Waals surface area contributed by atoms with Crippen LogP contribution in [0.3, 0.4) is 0 Å². The summed E-state index contributed by atoms with van der Waals surface area (Å²) in [5, 5.41) is 21.3. The van der Waals surface area contributed by atoms with Crippen LogP contribution in [0.2, 0.25) is 0 Å². The van der Waals surface area contributed by atoms with E-state index in [1.54, 1.807) is 0 Å². The van der Waals surface area contributed by atoms with Crippen molar-refractivity contribution in [2.45, 2.75) is 20.8 Å². The summed E-state index contributed by atoms with van der Waals surface area (Å²) in [5.41, 5.74) is 3.74. The molecule has 0 unspecified atom stereocenters. The van der Waals surface area contributed by atoms with Gasteiger partial charge in [-0.1, -0.05) is 43.7 Å². The predicted octanol–water partition coefficient (Wildman–Crippen LogP) is 4.34. The third-order valence-corrected chi connectivity index (χ3v) is 4.69. The summed E-state index contributed by atoms with van der Waals surface area (Å²) in [6, 6.07) is 8.22. The molecule has 1 aliphatic rings. The minimum Gasteiger partial charge on any atom is -0.510 e. The minimum absolute atomic E-state index is 0.250. The predicted molar refractivity (Wildman–Crippen MR) is 96.0 cm³/mol. The molecule has 0 saturated carbocycles. The molecule has 0 radical (unpaired) electrons. The number of benzene rings is 1. The van der Waals surface area contributed by atoms with Gasteiger partial charge < -0.3 is 10.0 Å². The Balaban J connectivity index is 1.87. The first kappa shape index (κ1) is 15.7. The molecule has 5 heteroatoms. The lowest BCUT2D eigenvalue weighted by molar-refractivity contribution is 0.329. The number of aliphatic hydroxyl groups is 1. The van der Waals surface area contributed by atoms with E-state index < -0.39 is 0 Å². The highest BCUT2D eigenvalue weighted by Gasteiger charge is 2.30. The molecule has 0 bridgehead atoms. The third kappa shape index (κ3) is 3.15. The van der Waals surface area contributed by atoms with Crippen molar-refractivity contribution in [3.63, 3.8) is 0 Å². The Morgan fingerprint density at radius 3 is 2.65 bits per heavy atom. The van der Waals surface area contributed by atoms with Gasteiger partial charge in [0.1, 0.15) is 16.6 Å². The van der Waals surface area contributed by atoms with Crippen LogP contribution in [0.5, 0.6) is 0 Å². The fourth-order valence-corrected chi connectivity index (χ4v) is 3.60. The summed E-state index contributed by atoms with van der Waals surface area (Å²) in [6.07, 6.45) is 0. The van der Waals surface area contributed by atoms with Crippen molar-refractivity contribution >= 4 is 22.7 Å². The molecule has 0 spiro atoms. The minimum atomic E-state index is 0.250. The van der Waals surface area contributed by atoms with Gasteiger partial charge in [0.25, 0.3) is 0 Å². The molecule has 3 rings (SSSR count). The number of hydrogen-bond donors (Lipinski definition) is 2. The van der Waals surface area contributed by atoms with Crippen molar-refractivity contribution in [3.05, 3.63) is 46.0 Å². The standard InChI is InChI=1S/C18H21N3OS/c1-11(2)8-21-9-15(22)16(17(21)19)18-20-14(10-23-18)13-6-4-12(3)5-7-13/h4-7,10-11,19,22H,8-9H2,1-3H3. The van der Waals surface area contributed by atoms with Crippen molar-refractivity contribution in [1.82, 2.24) is 9.88 Å². The lowest BCUT2D eigenvalue weighted by Crippen LogP contribution is -2.30. The number of aromatic nitrogens is 1. The van der Waals surface area contributed by atoms with Crippen LogP contribution in [-0.4, -0.2) is 33.9 Å². The van der Waals surface area contributed by atoms with E-state index in [0.29, 0.717) is 28.9 Å². The van der Waals surface area contributed by atoms with E-state index in [-0.39, 0.29) is 5.76 Å². The maximum atomic E-state index is 10.3. The van der Waals surface area contributed by atoms with Gasteiger partial charge in [0, 0.05) is 17.5 Å². The van der Waals surface area contributed by atoms with Crippen molar-refractivity contribution in [2.75, 3.05) is 13.1 Å². The first-order valence-electron chi connectivity index (χ1n) is 7.74. The van der Waals surface area contributed by atoms with E-state index in [4.69, 9.17) is 5.41 Å². The van der Waals surface area contributed by atoms with Crippen LogP contribution < -0.4 is 0 Å². The Morgan fingerprint density at radius 2 is 2.00 bits per heavy atom. The molecule has 1 aromatic carbocycles. The number of aryl methyl sites for hydroxylation is 1. The van der Waals surface area contributed by atoms with Crippen molar-refractivity contribution in [3.8, 4) is 11.3 Å². The van der Waals surface area contributed by atoms with Gasteiger partial charge >= 0.3 is 0 Å². The normalized spacial score (nSPS) is 15.1. The number of hydrogen-bond acceptors (Lipinski definition) is 4. The second-order valence-corrected chi connectivity index (χ2v) is 7.21. The molecule has 1 aliphatic heterocycles. The Bertz CT molecular complexity index is 759. The summed E-state index contributed by atoms with van der Waals surface area (Å²) in [7, 11) is 0. The molecule has 0 atom stereocenters. The fraction of sp³-hybridized carbons (Fsp3) is 0.333. The molecule has 0 aliphatic carbocycles. The third-order valence-electron chi connectivity index (χ3n) is 3.83. The van der Waals surface area contributed by atoms with Crippen LogP contribution in [0.25, 0.3) is 16.8 Å². The molecular formula is C18H21N3OS. The van der Waals surface area contributed by atoms with Crippen LogP contribution in [0, 0.1) is 18.3 Å². The van der Waals surface area contributed by atoms with Crippen LogP contribution in [0.4, 0.5) is 0 Å². The number of nitrogens with one attached hydrogen (secondary N) is 1. The van der Waals surface area contributed by atoms with Gasteiger partial charge in [-0.3, -0.25) is 5.41 Å². The van der Waals surface area contributed by atoms with Gasteiger partial charge in [-0.2, -0.15) is 0 Å². The average Bonchev–Trinajstić information content (AvgIpc) is 3.05. The fourth-order valence-electron chi connectivity index (χ4n) is 2.70. The monoisotopic (exact) mass is 327 g/mol. The van der Waals surface area contributed by atoms with E-state index >= 15 is 0 Å². The molecular weight excluding hydrogens is 306 g/mol. The summed E-state index contributed by atoms with van der Waals surface area (Å²) < 4.78 is 0. The second-order valence-electron chi connectivity index (χ2n) is 6.35. The van der Waals surface area contributed by atoms with Crippen LogP contribution >= 0.6 is 11.3 Å². The highest BCUT2D eigenvalue weighted by Crippen LogP contribution is 2.32. The van der Waals surface area contributed by atoms with Crippen LogP contribution in [0.1, 0.15) is 24.4 Å². The number of rotatable bonds is 4. The molecule has 2 heterocycles. The second kappa shape index (κ2) is 6.16. The molecule has 1 aromatic heterocycles. The quantitative estimate of drug-likeness (QED) is 0.878. The summed E-state index contributed by atoms with van der Waals surface area (Å²) in [4.78, 5) is 6.54. The van der Waals surface area contributed by atoms with Gasteiger partial charge in [0.15, 0.2) is 0 Å². The topological polar surface area (TPSA) is 60.2 Å². The van der Waals surface area contributed by atoms with Gasteiger partial charge in [0.05, 0.1) is 17.8 Å². The largest absolute Gasteiger partial charge is 0.510 e. The maximum Gasteiger partial charge on any atom is 0.135 e. The van der Waals surface area contributed by atoms with Crippen LogP contribution in [0.15, 0.2) is 35.4 Å². The zero-order chi connectivity index (χ0) is 16.6. The molecule has 2 N–H and O–H groups in total. The van der Waals surface area contributed by atoms with Gasteiger partial charge in [-0.05, 0) is 12.8 Å². The first-order valence-corrected chi connectivity index (χ1v) is 8.62. The number of thiazole rings is 1. The molecule has 4 nitrogen and oxygen atoms in total. The van der Waals surface area contributed by atoms with E-state index in [1.807, 2.05) is 22.4 Å². The van der Waals surface area contributed by atoms with Crippen molar-refractivity contribution in [1.29, 1.82) is 5.41 Å². The molecule has 2 aromatic rings. The Morgan fingerprint density at radius 1 is 1.30 bits per heavy atom. The zero-order valence-corrected chi connectivity index (χ0v) is 14.4. The smallest absolute Gasteiger partial charge is 0.135 e. The van der Waals surface area contributed by atoms with E-state index in [2.05, 4.69) is 37.9 Å². The van der Waals surface area contributed by atoms with Gasteiger partial charge in [-0.25, -0.2) is 4.98 Å². The molecule has 23 heavy (non-hydrogen) atoms. The molecule has 0 amide bonds. The van der Waals surface area contributed by atoms with Crippen LogP contribution in [-0.2, 0) is 0 Å². The summed E-state index contributed by atoms with van der Waals surface area (Å²) in [5.74, 6) is 1.07. The number of nitrogens with zero attached hydrogens (tertiary/aromatic N) is 2. The van der Waals surface area contributed by atoms with E-state index in [1.165, 1.54) is 16.9 Å². The Labute approximate surface area is 140 Å². The average molecular weight is 327 g/mol. The molecule has 0 saturated heterocycles.